The molecule has 2 aromatic carbocycles. The smallest absolute Gasteiger partial charge is 0.338 e. The lowest BCUT2D eigenvalue weighted by Gasteiger charge is -2.05. The molecule has 0 fully saturated rings. The first kappa shape index (κ1) is 16.0. The van der Waals surface area contributed by atoms with E-state index in [1.165, 1.54) is 30.0 Å². The summed E-state index contributed by atoms with van der Waals surface area (Å²) in [7, 11) is 0. The van der Waals surface area contributed by atoms with Crippen molar-refractivity contribution in [3.63, 3.8) is 0 Å². The number of halogens is 1. The average molecular weight is 320 g/mol. The third-order valence-electron chi connectivity index (χ3n) is 2.77. The number of aromatic carboxylic acids is 1. The highest BCUT2D eigenvalue weighted by Crippen LogP contribution is 2.29. The number of benzene rings is 2. The Balaban J connectivity index is 2.12. The fourth-order valence-corrected chi connectivity index (χ4v) is 2.59. The van der Waals surface area contributed by atoms with E-state index in [0.29, 0.717) is 17.1 Å². The van der Waals surface area contributed by atoms with Gasteiger partial charge in [0.25, 0.3) is 0 Å². The number of carboxylic acid groups (broad SMARTS) is 1. The lowest BCUT2D eigenvalue weighted by Crippen LogP contribution is -2.03. The number of esters is 1. The molecule has 0 aromatic heterocycles. The number of carbonyl (C=O) groups is 2. The van der Waals surface area contributed by atoms with Crippen LogP contribution in [-0.2, 0) is 4.74 Å². The van der Waals surface area contributed by atoms with Crippen LogP contribution in [0.3, 0.4) is 0 Å². The van der Waals surface area contributed by atoms with E-state index in [4.69, 9.17) is 9.84 Å². The molecule has 2 aromatic rings. The molecule has 0 heterocycles. The van der Waals surface area contributed by atoms with Crippen LogP contribution in [-0.4, -0.2) is 23.7 Å². The van der Waals surface area contributed by atoms with Gasteiger partial charge in [-0.25, -0.2) is 14.0 Å². The van der Waals surface area contributed by atoms with Crippen LogP contribution in [0.25, 0.3) is 0 Å². The zero-order valence-electron chi connectivity index (χ0n) is 11.7. The SMILES string of the molecule is CCOC(=O)c1ccc(Sc2ccc(C(=O)O)c(F)c2)cc1. The second-order valence-electron chi connectivity index (χ2n) is 4.29. The van der Waals surface area contributed by atoms with Gasteiger partial charge in [0.15, 0.2) is 0 Å². The van der Waals surface area contributed by atoms with E-state index in [9.17, 15) is 14.0 Å². The monoisotopic (exact) mass is 320 g/mol. The first-order valence-corrected chi connectivity index (χ1v) is 7.30. The van der Waals surface area contributed by atoms with Crippen LogP contribution in [0, 0.1) is 5.82 Å². The van der Waals surface area contributed by atoms with Crippen LogP contribution < -0.4 is 0 Å². The zero-order valence-corrected chi connectivity index (χ0v) is 12.5. The predicted molar refractivity (Wildman–Crippen MR) is 79.9 cm³/mol. The summed E-state index contributed by atoms with van der Waals surface area (Å²) in [6.07, 6.45) is 0. The number of carbonyl (C=O) groups excluding carboxylic acids is 1. The molecule has 0 saturated carbocycles. The first-order valence-electron chi connectivity index (χ1n) is 6.49. The molecule has 0 radical (unpaired) electrons. The van der Waals surface area contributed by atoms with E-state index >= 15 is 0 Å². The highest BCUT2D eigenvalue weighted by molar-refractivity contribution is 7.99. The van der Waals surface area contributed by atoms with Crippen molar-refractivity contribution >= 4 is 23.7 Å². The highest BCUT2D eigenvalue weighted by Gasteiger charge is 2.11. The van der Waals surface area contributed by atoms with Crippen LogP contribution in [0.4, 0.5) is 4.39 Å². The summed E-state index contributed by atoms with van der Waals surface area (Å²) in [5.74, 6) is -2.47. The minimum Gasteiger partial charge on any atom is -0.478 e. The summed E-state index contributed by atoms with van der Waals surface area (Å²) in [5.41, 5.74) is 0.0839. The number of rotatable bonds is 5. The Labute approximate surface area is 130 Å². The van der Waals surface area contributed by atoms with Gasteiger partial charge in [0, 0.05) is 9.79 Å². The maximum absolute atomic E-state index is 13.6. The summed E-state index contributed by atoms with van der Waals surface area (Å²) < 4.78 is 18.5. The van der Waals surface area contributed by atoms with E-state index in [2.05, 4.69) is 0 Å². The number of ether oxygens (including phenoxy) is 1. The van der Waals surface area contributed by atoms with E-state index < -0.39 is 17.8 Å². The second-order valence-corrected chi connectivity index (χ2v) is 5.44. The summed E-state index contributed by atoms with van der Waals surface area (Å²) in [5, 5.41) is 8.78. The standard InChI is InChI=1S/C16H13FO4S/c1-2-21-16(20)10-3-5-11(6-4-10)22-12-7-8-13(15(18)19)14(17)9-12/h3-9H,2H2,1H3,(H,18,19). The summed E-state index contributed by atoms with van der Waals surface area (Å²) in [4.78, 5) is 23.7. The van der Waals surface area contributed by atoms with E-state index in [-0.39, 0.29) is 5.56 Å². The van der Waals surface area contributed by atoms with Crippen molar-refractivity contribution in [2.75, 3.05) is 6.61 Å². The molecule has 0 aliphatic heterocycles. The van der Waals surface area contributed by atoms with E-state index in [0.717, 1.165) is 4.90 Å². The van der Waals surface area contributed by atoms with Crippen LogP contribution in [0.2, 0.25) is 0 Å². The molecule has 0 spiro atoms. The van der Waals surface area contributed by atoms with Gasteiger partial charge in [-0.3, -0.25) is 0 Å². The Morgan fingerprint density at radius 3 is 2.32 bits per heavy atom. The quantitative estimate of drug-likeness (QED) is 0.848. The van der Waals surface area contributed by atoms with Gasteiger partial charge in [0.2, 0.25) is 0 Å². The molecule has 4 nitrogen and oxygen atoms in total. The van der Waals surface area contributed by atoms with Crippen LogP contribution in [0.15, 0.2) is 52.3 Å². The van der Waals surface area contributed by atoms with Gasteiger partial charge >= 0.3 is 11.9 Å². The van der Waals surface area contributed by atoms with Crippen molar-refractivity contribution in [3.8, 4) is 0 Å². The fourth-order valence-electron chi connectivity index (χ4n) is 1.74. The van der Waals surface area contributed by atoms with Crippen molar-refractivity contribution in [2.24, 2.45) is 0 Å². The Bertz CT molecular complexity index is 698. The molecular weight excluding hydrogens is 307 g/mol. The zero-order chi connectivity index (χ0) is 16.1. The Kier molecular flexibility index (Phi) is 5.16. The van der Waals surface area contributed by atoms with Gasteiger partial charge in [-0.05, 0) is 49.4 Å². The van der Waals surface area contributed by atoms with Crippen molar-refractivity contribution in [1.29, 1.82) is 0 Å². The minimum absolute atomic E-state index is 0.310. The molecule has 6 heteroatoms. The molecule has 0 saturated heterocycles. The number of hydrogen-bond acceptors (Lipinski definition) is 4. The Morgan fingerprint density at radius 1 is 1.14 bits per heavy atom. The lowest BCUT2D eigenvalue weighted by molar-refractivity contribution is 0.0525. The van der Waals surface area contributed by atoms with Gasteiger partial charge in [-0.15, -0.1) is 0 Å². The molecule has 0 aliphatic carbocycles. The summed E-state index contributed by atoms with van der Waals surface area (Å²) in [6, 6.07) is 10.6. The normalized spacial score (nSPS) is 10.3. The third kappa shape index (κ3) is 3.85. The molecule has 2 rings (SSSR count). The van der Waals surface area contributed by atoms with E-state index in [1.807, 2.05) is 0 Å². The van der Waals surface area contributed by atoms with Crippen LogP contribution in [0.5, 0.6) is 0 Å². The van der Waals surface area contributed by atoms with Crippen LogP contribution in [0.1, 0.15) is 27.6 Å². The van der Waals surface area contributed by atoms with E-state index in [1.54, 1.807) is 31.2 Å². The number of hydrogen-bond donors (Lipinski definition) is 1. The molecule has 0 bridgehead atoms. The summed E-state index contributed by atoms with van der Waals surface area (Å²) >= 11 is 1.27. The number of carboxylic acids is 1. The average Bonchev–Trinajstić information content (AvgIpc) is 2.48. The highest BCUT2D eigenvalue weighted by atomic mass is 32.2. The molecule has 0 amide bonds. The molecule has 0 atom stereocenters. The van der Waals surface area contributed by atoms with Gasteiger partial charge in [-0.1, -0.05) is 11.8 Å². The Morgan fingerprint density at radius 2 is 1.77 bits per heavy atom. The molecule has 114 valence electrons. The largest absolute Gasteiger partial charge is 0.478 e. The predicted octanol–water partition coefficient (Wildman–Crippen LogP) is 3.85. The second kappa shape index (κ2) is 7.09. The van der Waals surface area contributed by atoms with Gasteiger partial charge in [0.1, 0.15) is 5.82 Å². The summed E-state index contributed by atoms with van der Waals surface area (Å²) in [6.45, 7) is 2.04. The molecule has 22 heavy (non-hydrogen) atoms. The van der Waals surface area contributed by atoms with Crippen LogP contribution >= 0.6 is 11.8 Å². The Hall–Kier alpha value is -2.34. The maximum Gasteiger partial charge on any atom is 0.338 e. The van der Waals surface area contributed by atoms with Crippen molar-refractivity contribution in [2.45, 2.75) is 16.7 Å². The topological polar surface area (TPSA) is 63.6 Å². The molecule has 0 aliphatic rings. The fraction of sp³-hybridized carbons (Fsp3) is 0.125. The van der Waals surface area contributed by atoms with Gasteiger partial charge in [-0.2, -0.15) is 0 Å². The maximum atomic E-state index is 13.6. The molecule has 0 unspecified atom stereocenters. The van der Waals surface area contributed by atoms with Crippen molar-refractivity contribution in [3.05, 3.63) is 59.4 Å². The minimum atomic E-state index is -1.30. The first-order chi connectivity index (χ1) is 10.5. The molecule has 1 N–H and O–H groups in total. The third-order valence-corrected chi connectivity index (χ3v) is 3.77. The van der Waals surface area contributed by atoms with Crippen molar-refractivity contribution in [1.82, 2.24) is 0 Å². The lowest BCUT2D eigenvalue weighted by atomic mass is 10.2. The van der Waals surface area contributed by atoms with Crippen molar-refractivity contribution < 1.29 is 23.8 Å². The van der Waals surface area contributed by atoms with Gasteiger partial charge < -0.3 is 9.84 Å². The van der Waals surface area contributed by atoms with Gasteiger partial charge in [0.05, 0.1) is 17.7 Å². The molecular formula is C16H13FO4S.